The third-order valence-corrected chi connectivity index (χ3v) is 8.14. The van der Waals surface area contributed by atoms with Gasteiger partial charge in [0.15, 0.2) is 5.78 Å². The summed E-state index contributed by atoms with van der Waals surface area (Å²) >= 11 is 1.75. The Balaban J connectivity index is 1.34. The van der Waals surface area contributed by atoms with Crippen molar-refractivity contribution < 1.29 is 14.3 Å². The number of pyridine rings is 1. The molecular formula is C29H34N6O3S. The van der Waals surface area contributed by atoms with Crippen LogP contribution in [0.25, 0.3) is 27.0 Å². The van der Waals surface area contributed by atoms with E-state index in [4.69, 9.17) is 15.5 Å². The number of nitrogens with zero attached hydrogens (tertiary/aromatic N) is 5. The summed E-state index contributed by atoms with van der Waals surface area (Å²) in [5.41, 5.74) is 11.6. The minimum atomic E-state index is 0.0884. The second-order valence-electron chi connectivity index (χ2n) is 10.1. The summed E-state index contributed by atoms with van der Waals surface area (Å²) in [7, 11) is 0. The Morgan fingerprint density at radius 2 is 1.87 bits per heavy atom. The molecule has 0 unspecified atom stereocenters. The number of aromatic nitrogens is 3. The number of morpholine rings is 1. The summed E-state index contributed by atoms with van der Waals surface area (Å²) in [4.78, 5) is 43.3. The van der Waals surface area contributed by atoms with E-state index < -0.39 is 0 Å². The van der Waals surface area contributed by atoms with Crippen LogP contribution in [0.2, 0.25) is 0 Å². The quantitative estimate of drug-likeness (QED) is 0.411. The maximum Gasteiger partial charge on any atom is 0.222 e. The number of rotatable bonds is 8. The highest BCUT2D eigenvalue weighted by molar-refractivity contribution is 7.20. The van der Waals surface area contributed by atoms with E-state index >= 15 is 0 Å². The van der Waals surface area contributed by atoms with Gasteiger partial charge in [-0.25, -0.2) is 15.0 Å². The molecule has 39 heavy (non-hydrogen) atoms. The molecule has 0 radical (unpaired) electrons. The number of carbonyl (C=O) groups excluding carboxylic acids is 2. The zero-order valence-corrected chi connectivity index (χ0v) is 23.3. The SMILES string of the molecule is CC(C)=CC(=O)CCCC(=O)N1CC=C(c2cc3nc(-c4cnc(N)nc4)cc(N4CCOCC4)c3s2)CC1. The van der Waals surface area contributed by atoms with Crippen molar-refractivity contribution in [3.8, 4) is 11.3 Å². The Labute approximate surface area is 232 Å². The maximum absolute atomic E-state index is 12.7. The molecule has 5 rings (SSSR count). The number of hydrogen-bond donors (Lipinski definition) is 1. The molecule has 0 saturated carbocycles. The standard InChI is InChI=1S/C29H34N6O3S/c1-19(2)14-22(36)4-3-5-27(37)35-8-6-20(7-9-35)26-16-24-28(39-26)25(34-10-12-38-13-11-34)15-23(33-24)21-17-31-29(30)32-18-21/h6,14-18H,3-5,7-13H2,1-2H3,(H2,30,31,32). The van der Waals surface area contributed by atoms with Crippen LogP contribution in [-0.2, 0) is 14.3 Å². The predicted molar refractivity (Wildman–Crippen MR) is 156 cm³/mol. The second kappa shape index (κ2) is 12.0. The molecule has 0 aromatic carbocycles. The maximum atomic E-state index is 12.7. The van der Waals surface area contributed by atoms with Crippen molar-refractivity contribution in [2.75, 3.05) is 50.0 Å². The molecule has 0 atom stereocenters. The molecule has 0 bridgehead atoms. The molecule has 5 heterocycles. The van der Waals surface area contributed by atoms with Gasteiger partial charge in [-0.3, -0.25) is 9.59 Å². The normalized spacial score (nSPS) is 15.8. The molecule has 0 spiro atoms. The number of hydrogen-bond acceptors (Lipinski definition) is 9. The van der Waals surface area contributed by atoms with E-state index in [0.717, 1.165) is 52.2 Å². The number of nitrogen functional groups attached to an aromatic ring is 1. The fourth-order valence-corrected chi connectivity index (χ4v) is 6.11. The van der Waals surface area contributed by atoms with Gasteiger partial charge in [0, 0.05) is 61.9 Å². The molecule has 2 aliphatic rings. The molecule has 2 aliphatic heterocycles. The third-order valence-electron chi connectivity index (χ3n) is 6.92. The van der Waals surface area contributed by atoms with E-state index in [0.29, 0.717) is 45.6 Å². The van der Waals surface area contributed by atoms with E-state index in [1.807, 2.05) is 18.7 Å². The van der Waals surface area contributed by atoms with E-state index in [1.54, 1.807) is 29.8 Å². The van der Waals surface area contributed by atoms with Crippen molar-refractivity contribution in [2.24, 2.45) is 0 Å². The Morgan fingerprint density at radius 3 is 2.56 bits per heavy atom. The Morgan fingerprint density at radius 1 is 1.10 bits per heavy atom. The Hall–Kier alpha value is -3.63. The molecule has 3 aromatic heterocycles. The van der Waals surface area contributed by atoms with Crippen molar-refractivity contribution in [3.63, 3.8) is 0 Å². The van der Waals surface area contributed by atoms with Crippen molar-refractivity contribution in [1.29, 1.82) is 0 Å². The number of amides is 1. The van der Waals surface area contributed by atoms with E-state index in [2.05, 4.69) is 33.1 Å². The van der Waals surface area contributed by atoms with Gasteiger partial charge in [0.05, 0.1) is 34.8 Å². The molecule has 1 saturated heterocycles. The van der Waals surface area contributed by atoms with Gasteiger partial charge in [-0.2, -0.15) is 0 Å². The number of fused-ring (bicyclic) bond motifs is 1. The molecule has 1 fully saturated rings. The molecule has 0 aliphatic carbocycles. The zero-order chi connectivity index (χ0) is 27.4. The van der Waals surface area contributed by atoms with Crippen molar-refractivity contribution in [3.05, 3.63) is 47.1 Å². The number of ether oxygens (including phenoxy) is 1. The highest BCUT2D eigenvalue weighted by Gasteiger charge is 2.22. The summed E-state index contributed by atoms with van der Waals surface area (Å²) in [6, 6.07) is 4.27. The summed E-state index contributed by atoms with van der Waals surface area (Å²) < 4.78 is 6.74. The van der Waals surface area contributed by atoms with Crippen LogP contribution in [0.5, 0.6) is 0 Å². The molecule has 204 valence electrons. The first-order valence-electron chi connectivity index (χ1n) is 13.4. The lowest BCUT2D eigenvalue weighted by molar-refractivity contribution is -0.130. The van der Waals surface area contributed by atoms with E-state index in [9.17, 15) is 9.59 Å². The monoisotopic (exact) mass is 546 g/mol. The number of thiophene rings is 1. The average molecular weight is 547 g/mol. The summed E-state index contributed by atoms with van der Waals surface area (Å²) in [6.07, 6.45) is 9.42. The van der Waals surface area contributed by atoms with Crippen LogP contribution >= 0.6 is 11.3 Å². The fourth-order valence-electron chi connectivity index (χ4n) is 4.91. The van der Waals surface area contributed by atoms with Gasteiger partial charge >= 0.3 is 0 Å². The van der Waals surface area contributed by atoms with E-state index in [1.165, 1.54) is 10.5 Å². The second-order valence-corrected chi connectivity index (χ2v) is 11.2. The van der Waals surface area contributed by atoms with Crippen LogP contribution in [0.1, 0.15) is 44.4 Å². The first kappa shape index (κ1) is 27.0. The number of allylic oxidation sites excluding steroid dienone is 2. The predicted octanol–water partition coefficient (Wildman–Crippen LogP) is 4.49. The van der Waals surface area contributed by atoms with Gasteiger partial charge in [-0.05, 0) is 50.5 Å². The molecule has 1 amide bonds. The number of nitrogens with two attached hydrogens (primary N) is 1. The summed E-state index contributed by atoms with van der Waals surface area (Å²) in [5.74, 6) is 0.434. The van der Waals surface area contributed by atoms with Gasteiger partial charge in [-0.1, -0.05) is 11.6 Å². The number of carbonyl (C=O) groups is 2. The lowest BCUT2D eigenvalue weighted by atomic mass is 10.1. The molecule has 9 nitrogen and oxygen atoms in total. The summed E-state index contributed by atoms with van der Waals surface area (Å²) in [5, 5.41) is 0. The van der Waals surface area contributed by atoms with Crippen LogP contribution in [0.15, 0.2) is 42.3 Å². The molecule has 3 aromatic rings. The van der Waals surface area contributed by atoms with Crippen LogP contribution < -0.4 is 10.6 Å². The van der Waals surface area contributed by atoms with Gasteiger partial charge in [-0.15, -0.1) is 11.3 Å². The first-order chi connectivity index (χ1) is 18.9. The van der Waals surface area contributed by atoms with Gasteiger partial charge in [0.2, 0.25) is 11.9 Å². The highest BCUT2D eigenvalue weighted by atomic mass is 32.1. The van der Waals surface area contributed by atoms with Gasteiger partial charge < -0.3 is 20.3 Å². The lowest BCUT2D eigenvalue weighted by Crippen LogP contribution is -2.36. The molecule has 2 N–H and O–H groups in total. The first-order valence-corrected chi connectivity index (χ1v) is 14.2. The van der Waals surface area contributed by atoms with Crippen LogP contribution in [0.3, 0.4) is 0 Å². The van der Waals surface area contributed by atoms with Crippen LogP contribution in [-0.4, -0.2) is 70.9 Å². The molecular weight excluding hydrogens is 512 g/mol. The van der Waals surface area contributed by atoms with Gasteiger partial charge in [0.25, 0.3) is 0 Å². The fraction of sp³-hybridized carbons (Fsp3) is 0.414. The molecule has 10 heteroatoms. The van der Waals surface area contributed by atoms with Crippen molar-refractivity contribution in [2.45, 2.75) is 39.5 Å². The van der Waals surface area contributed by atoms with Crippen molar-refractivity contribution >= 4 is 50.5 Å². The van der Waals surface area contributed by atoms with E-state index in [-0.39, 0.29) is 17.6 Å². The van der Waals surface area contributed by atoms with Gasteiger partial charge in [0.1, 0.15) is 0 Å². The van der Waals surface area contributed by atoms with Crippen molar-refractivity contribution in [1.82, 2.24) is 19.9 Å². The van der Waals surface area contributed by atoms with Crippen LogP contribution in [0, 0.1) is 0 Å². The largest absolute Gasteiger partial charge is 0.378 e. The number of ketones is 1. The summed E-state index contributed by atoms with van der Waals surface area (Å²) in [6.45, 7) is 8.12. The van der Waals surface area contributed by atoms with Crippen LogP contribution in [0.4, 0.5) is 11.6 Å². The topological polar surface area (TPSA) is 115 Å². The minimum Gasteiger partial charge on any atom is -0.378 e. The highest BCUT2D eigenvalue weighted by Crippen LogP contribution is 2.40. The lowest BCUT2D eigenvalue weighted by Gasteiger charge is -2.29. The minimum absolute atomic E-state index is 0.0884. The zero-order valence-electron chi connectivity index (χ0n) is 22.5. The number of anilines is 2. The Kier molecular flexibility index (Phi) is 8.33. The average Bonchev–Trinajstić information content (AvgIpc) is 3.37. The Bertz CT molecular complexity index is 1420. The smallest absolute Gasteiger partial charge is 0.222 e. The third kappa shape index (κ3) is 6.51.